The van der Waals surface area contributed by atoms with Gasteiger partial charge < -0.3 is 10.6 Å². The molecule has 0 aliphatic rings. The zero-order valence-corrected chi connectivity index (χ0v) is 14.1. The van der Waals surface area contributed by atoms with Crippen molar-refractivity contribution >= 4 is 57.2 Å². The number of fused-ring (bicyclic) bond motifs is 1. The van der Waals surface area contributed by atoms with Gasteiger partial charge in [-0.1, -0.05) is 23.2 Å². The van der Waals surface area contributed by atoms with Crippen LogP contribution in [0.3, 0.4) is 0 Å². The molecule has 5 nitrogen and oxygen atoms in total. The molecule has 0 saturated carbocycles. The molecule has 0 fully saturated rings. The van der Waals surface area contributed by atoms with Crippen LogP contribution in [0.15, 0.2) is 36.5 Å². The van der Waals surface area contributed by atoms with Crippen molar-refractivity contribution in [1.82, 2.24) is 15.0 Å². The molecule has 23 heavy (non-hydrogen) atoms. The molecule has 0 aliphatic carbocycles. The van der Waals surface area contributed by atoms with Crippen molar-refractivity contribution in [2.45, 2.75) is 0 Å². The van der Waals surface area contributed by atoms with Gasteiger partial charge in [-0.05, 0) is 35.9 Å². The fraction of sp³-hybridized carbons (Fsp3) is 0.133. The third-order valence-electron chi connectivity index (χ3n) is 3.12. The highest BCUT2D eigenvalue weighted by molar-refractivity contribution is 6.32. The number of rotatable bonds is 5. The third-order valence-corrected chi connectivity index (χ3v) is 3.72. The van der Waals surface area contributed by atoms with Gasteiger partial charge in [-0.2, -0.15) is 0 Å². The van der Waals surface area contributed by atoms with Gasteiger partial charge in [-0.3, -0.25) is 4.98 Å². The lowest BCUT2D eigenvalue weighted by molar-refractivity contribution is 1.05. The molecular formula is C15H12Cl3N5. The molecule has 0 aliphatic heterocycles. The molecular weight excluding hydrogens is 357 g/mol. The highest BCUT2D eigenvalue weighted by atomic mass is 35.5. The summed E-state index contributed by atoms with van der Waals surface area (Å²) in [5, 5.41) is 8.59. The zero-order valence-electron chi connectivity index (χ0n) is 11.9. The Hall–Kier alpha value is -1.82. The second kappa shape index (κ2) is 7.17. The quantitative estimate of drug-likeness (QED) is 0.394. The predicted molar refractivity (Wildman–Crippen MR) is 95.8 cm³/mol. The first kappa shape index (κ1) is 16.1. The van der Waals surface area contributed by atoms with Gasteiger partial charge in [-0.15, -0.1) is 0 Å². The standard InChI is InChI=1S/C15H12Cl3N5/c16-9-1-2-10-11(3-4-19-12(10)7-9)20-5-6-21-14-8-13(17)22-15(18)23-14/h1-4,7-8H,5-6H2,(H,19,20)(H,21,22,23). The first-order valence-corrected chi connectivity index (χ1v) is 7.97. The van der Waals surface area contributed by atoms with Gasteiger partial charge in [0, 0.05) is 41.4 Å². The Morgan fingerprint density at radius 3 is 2.57 bits per heavy atom. The number of nitrogens with one attached hydrogen (secondary N) is 2. The van der Waals surface area contributed by atoms with Crippen LogP contribution in [0.1, 0.15) is 0 Å². The summed E-state index contributed by atoms with van der Waals surface area (Å²) in [5.41, 5.74) is 1.84. The van der Waals surface area contributed by atoms with E-state index in [9.17, 15) is 0 Å². The molecule has 0 unspecified atom stereocenters. The lowest BCUT2D eigenvalue weighted by Crippen LogP contribution is -2.14. The van der Waals surface area contributed by atoms with Crippen LogP contribution in [0.25, 0.3) is 10.9 Å². The van der Waals surface area contributed by atoms with E-state index in [-0.39, 0.29) is 5.28 Å². The number of pyridine rings is 1. The number of aromatic nitrogens is 3. The molecule has 118 valence electrons. The van der Waals surface area contributed by atoms with E-state index in [0.29, 0.717) is 29.1 Å². The number of hydrogen-bond donors (Lipinski definition) is 2. The van der Waals surface area contributed by atoms with Crippen molar-refractivity contribution in [2.75, 3.05) is 23.7 Å². The van der Waals surface area contributed by atoms with Crippen LogP contribution < -0.4 is 10.6 Å². The van der Waals surface area contributed by atoms with E-state index >= 15 is 0 Å². The largest absolute Gasteiger partial charge is 0.383 e. The predicted octanol–water partition coefficient (Wildman–Crippen LogP) is 4.51. The van der Waals surface area contributed by atoms with Crippen molar-refractivity contribution in [1.29, 1.82) is 0 Å². The van der Waals surface area contributed by atoms with Crippen LogP contribution in [-0.4, -0.2) is 28.0 Å². The Morgan fingerprint density at radius 1 is 0.913 bits per heavy atom. The van der Waals surface area contributed by atoms with Crippen LogP contribution in [0.2, 0.25) is 15.5 Å². The molecule has 0 bridgehead atoms. The Labute approximate surface area is 148 Å². The Balaban J connectivity index is 1.63. The molecule has 3 rings (SSSR count). The highest BCUT2D eigenvalue weighted by Crippen LogP contribution is 2.24. The van der Waals surface area contributed by atoms with Crippen molar-refractivity contribution in [3.05, 3.63) is 52.0 Å². The molecule has 0 saturated heterocycles. The van der Waals surface area contributed by atoms with E-state index in [2.05, 4.69) is 25.6 Å². The van der Waals surface area contributed by atoms with Crippen LogP contribution in [-0.2, 0) is 0 Å². The summed E-state index contributed by atoms with van der Waals surface area (Å²) < 4.78 is 0. The maximum atomic E-state index is 5.99. The SMILES string of the molecule is Clc1ccc2c(NCCNc3cc(Cl)nc(Cl)n3)ccnc2c1. The molecule has 0 atom stereocenters. The van der Waals surface area contributed by atoms with Gasteiger partial charge >= 0.3 is 0 Å². The first-order chi connectivity index (χ1) is 11.1. The number of halogens is 3. The second-order valence-electron chi connectivity index (χ2n) is 4.72. The molecule has 3 aromatic rings. The average Bonchev–Trinajstić information content (AvgIpc) is 2.50. The van der Waals surface area contributed by atoms with E-state index in [1.54, 1.807) is 12.3 Å². The zero-order chi connectivity index (χ0) is 16.2. The maximum Gasteiger partial charge on any atom is 0.225 e. The molecule has 0 spiro atoms. The average molecular weight is 369 g/mol. The summed E-state index contributed by atoms with van der Waals surface area (Å²) in [5.74, 6) is 0.586. The van der Waals surface area contributed by atoms with Gasteiger partial charge in [-0.25, -0.2) is 9.97 Å². The van der Waals surface area contributed by atoms with Crippen molar-refractivity contribution in [2.24, 2.45) is 0 Å². The van der Waals surface area contributed by atoms with Crippen molar-refractivity contribution in [3.8, 4) is 0 Å². The van der Waals surface area contributed by atoms with E-state index < -0.39 is 0 Å². The maximum absolute atomic E-state index is 5.99. The smallest absolute Gasteiger partial charge is 0.225 e. The Kier molecular flexibility index (Phi) is 5.00. The van der Waals surface area contributed by atoms with Gasteiger partial charge in [0.25, 0.3) is 0 Å². The Morgan fingerprint density at radius 2 is 1.74 bits per heavy atom. The first-order valence-electron chi connectivity index (χ1n) is 6.84. The fourth-order valence-corrected chi connectivity index (χ4v) is 2.72. The van der Waals surface area contributed by atoms with Gasteiger partial charge in [0.15, 0.2) is 0 Å². The lowest BCUT2D eigenvalue weighted by atomic mass is 10.2. The van der Waals surface area contributed by atoms with Crippen molar-refractivity contribution in [3.63, 3.8) is 0 Å². The molecule has 8 heteroatoms. The number of hydrogen-bond acceptors (Lipinski definition) is 5. The summed E-state index contributed by atoms with van der Waals surface area (Å²) in [6.45, 7) is 1.32. The Bertz CT molecular complexity index is 820. The normalized spacial score (nSPS) is 10.7. The van der Waals surface area contributed by atoms with E-state index in [1.165, 1.54) is 0 Å². The summed E-state index contributed by atoms with van der Waals surface area (Å²) in [6, 6.07) is 9.18. The molecule has 0 amide bonds. The second-order valence-corrected chi connectivity index (χ2v) is 5.88. The molecule has 2 N–H and O–H groups in total. The molecule has 0 radical (unpaired) electrons. The number of anilines is 2. The molecule has 1 aromatic carbocycles. The van der Waals surface area contributed by atoms with Gasteiger partial charge in [0.2, 0.25) is 5.28 Å². The number of benzene rings is 1. The minimum atomic E-state index is 0.116. The highest BCUT2D eigenvalue weighted by Gasteiger charge is 2.03. The van der Waals surface area contributed by atoms with E-state index in [0.717, 1.165) is 16.6 Å². The van der Waals surface area contributed by atoms with Crippen LogP contribution in [0, 0.1) is 0 Å². The minimum Gasteiger partial charge on any atom is -0.383 e. The summed E-state index contributed by atoms with van der Waals surface area (Å²) >= 11 is 17.6. The topological polar surface area (TPSA) is 62.7 Å². The third kappa shape index (κ3) is 4.13. The van der Waals surface area contributed by atoms with E-state index in [1.807, 2.05) is 24.3 Å². The number of nitrogens with zero attached hydrogens (tertiary/aromatic N) is 3. The van der Waals surface area contributed by atoms with E-state index in [4.69, 9.17) is 34.8 Å². The van der Waals surface area contributed by atoms with Crippen LogP contribution in [0.4, 0.5) is 11.5 Å². The van der Waals surface area contributed by atoms with Crippen LogP contribution in [0.5, 0.6) is 0 Å². The van der Waals surface area contributed by atoms with Crippen molar-refractivity contribution < 1.29 is 0 Å². The molecule has 2 heterocycles. The monoisotopic (exact) mass is 367 g/mol. The van der Waals surface area contributed by atoms with Gasteiger partial charge in [0.1, 0.15) is 11.0 Å². The fourth-order valence-electron chi connectivity index (χ4n) is 2.14. The van der Waals surface area contributed by atoms with Gasteiger partial charge in [0.05, 0.1) is 5.52 Å². The minimum absolute atomic E-state index is 0.116. The van der Waals surface area contributed by atoms with Crippen LogP contribution >= 0.6 is 34.8 Å². The lowest BCUT2D eigenvalue weighted by Gasteiger charge is -2.11. The summed E-state index contributed by atoms with van der Waals surface area (Å²) in [4.78, 5) is 12.2. The molecule has 2 aromatic heterocycles. The summed E-state index contributed by atoms with van der Waals surface area (Å²) in [6.07, 6.45) is 1.75. The summed E-state index contributed by atoms with van der Waals surface area (Å²) in [7, 11) is 0.